The number of ether oxygens (including phenoxy) is 1. The molecule has 0 spiro atoms. The summed E-state index contributed by atoms with van der Waals surface area (Å²) in [5.74, 6) is -2.93. The number of hydrogen-bond acceptors (Lipinski definition) is 6. The molecule has 1 N–H and O–H groups in total. The number of nitrogens with zero attached hydrogens (tertiary/aromatic N) is 3. The molecule has 34 heavy (non-hydrogen) atoms. The van der Waals surface area contributed by atoms with Crippen molar-refractivity contribution in [1.29, 1.82) is 0 Å². The number of carbonyl (C=O) groups is 2. The first-order valence-corrected chi connectivity index (χ1v) is 11.3. The Hall–Kier alpha value is -3.27. The van der Waals surface area contributed by atoms with Crippen molar-refractivity contribution in [1.82, 2.24) is 9.58 Å². The molecule has 0 unspecified atom stereocenters. The summed E-state index contributed by atoms with van der Waals surface area (Å²) in [6, 6.07) is 3.09. The van der Waals surface area contributed by atoms with Gasteiger partial charge >= 0.3 is 0 Å². The maximum Gasteiger partial charge on any atom is 0.277 e. The topological polar surface area (TPSA) is 92.1 Å². The van der Waals surface area contributed by atoms with Crippen molar-refractivity contribution in [2.75, 3.05) is 38.5 Å². The van der Waals surface area contributed by atoms with E-state index in [1.807, 2.05) is 5.01 Å². The maximum absolute atomic E-state index is 13.9. The number of aromatic nitrogens is 1. The van der Waals surface area contributed by atoms with E-state index in [0.29, 0.717) is 32.0 Å². The molecule has 1 amide bonds. The third-order valence-electron chi connectivity index (χ3n) is 6.17. The van der Waals surface area contributed by atoms with Crippen molar-refractivity contribution in [3.8, 4) is 5.75 Å². The summed E-state index contributed by atoms with van der Waals surface area (Å²) < 4.78 is 33.5. The smallest absolute Gasteiger partial charge is 0.277 e. The van der Waals surface area contributed by atoms with E-state index in [1.54, 1.807) is 12.0 Å². The Kier molecular flexibility index (Phi) is 6.97. The van der Waals surface area contributed by atoms with E-state index in [0.717, 1.165) is 25.0 Å². The van der Waals surface area contributed by atoms with Crippen LogP contribution in [0.2, 0.25) is 0 Å². The number of amides is 1. The molecule has 4 rings (SSSR count). The van der Waals surface area contributed by atoms with Crippen LogP contribution in [0.5, 0.6) is 5.75 Å². The van der Waals surface area contributed by atoms with Crippen molar-refractivity contribution in [2.24, 2.45) is 5.92 Å². The Balaban J connectivity index is 1.62. The van der Waals surface area contributed by atoms with Gasteiger partial charge in [-0.3, -0.25) is 24.1 Å². The number of carbonyl (C=O) groups excluding carboxylic acids is 2. The minimum Gasteiger partial charge on any atom is -0.502 e. The third-order valence-corrected chi connectivity index (χ3v) is 6.17. The second-order valence-corrected chi connectivity index (χ2v) is 8.76. The van der Waals surface area contributed by atoms with E-state index < -0.39 is 34.5 Å². The average Bonchev–Trinajstić information content (AvgIpc) is 3.62. The lowest BCUT2D eigenvalue weighted by molar-refractivity contribution is 0.0664. The van der Waals surface area contributed by atoms with Crippen LogP contribution < -0.4 is 10.4 Å². The van der Waals surface area contributed by atoms with Crippen LogP contribution in [0.1, 0.15) is 52.1 Å². The van der Waals surface area contributed by atoms with E-state index in [2.05, 4.69) is 0 Å². The maximum atomic E-state index is 13.9. The van der Waals surface area contributed by atoms with E-state index in [4.69, 9.17) is 4.74 Å². The predicted molar refractivity (Wildman–Crippen MR) is 120 cm³/mol. The second-order valence-electron chi connectivity index (χ2n) is 8.76. The number of Topliss-reactive ketones (excluding diaryl/α,β-unsaturated/α-hetero) is 1. The summed E-state index contributed by atoms with van der Waals surface area (Å²) in [5.41, 5.74) is -1.23. The zero-order valence-corrected chi connectivity index (χ0v) is 18.9. The Morgan fingerprint density at radius 1 is 1.24 bits per heavy atom. The number of benzene rings is 1. The highest BCUT2D eigenvalue weighted by Gasteiger charge is 2.36. The molecule has 0 radical (unpaired) electrons. The minimum absolute atomic E-state index is 0.0368. The predicted octanol–water partition coefficient (Wildman–Crippen LogP) is 2.45. The number of pyridine rings is 1. The molecule has 1 aromatic carbocycles. The molecule has 0 saturated heterocycles. The van der Waals surface area contributed by atoms with Crippen LogP contribution in [0.3, 0.4) is 0 Å². The standard InChI is InChI=1S/C24H27F2N3O5/c1-34-10-2-9-27-14-28(12-15-3-4-15)29-13-18(22(31)23(32)21(29)24(27)33)20(30)8-6-16-5-7-17(25)11-19(16)26/h5,7,11,13,15,32H,2-4,6,8-10,12,14H2,1H3. The highest BCUT2D eigenvalue weighted by Crippen LogP contribution is 2.31. The highest BCUT2D eigenvalue weighted by molar-refractivity contribution is 6.00. The fraction of sp³-hybridized carbons (Fsp3) is 0.458. The molecule has 1 aliphatic carbocycles. The lowest BCUT2D eigenvalue weighted by Crippen LogP contribution is -2.55. The highest BCUT2D eigenvalue weighted by atomic mass is 19.1. The normalized spacial score (nSPS) is 15.6. The average molecular weight is 475 g/mol. The number of hydrogen-bond donors (Lipinski definition) is 1. The molecule has 1 aromatic heterocycles. The Morgan fingerprint density at radius 2 is 2.00 bits per heavy atom. The first-order chi connectivity index (χ1) is 16.3. The van der Waals surface area contributed by atoms with Gasteiger partial charge in [0.25, 0.3) is 5.91 Å². The van der Waals surface area contributed by atoms with Gasteiger partial charge in [-0.1, -0.05) is 6.07 Å². The quantitative estimate of drug-likeness (QED) is 0.419. The summed E-state index contributed by atoms with van der Waals surface area (Å²) in [5, 5.41) is 12.5. The van der Waals surface area contributed by atoms with Gasteiger partial charge in [-0.2, -0.15) is 0 Å². The summed E-state index contributed by atoms with van der Waals surface area (Å²) in [6.45, 7) is 1.72. The Labute approximate surface area is 195 Å². The van der Waals surface area contributed by atoms with E-state index in [1.165, 1.54) is 16.9 Å². The lowest BCUT2D eigenvalue weighted by Gasteiger charge is -2.40. The lowest BCUT2D eigenvalue weighted by atomic mass is 10.0. The van der Waals surface area contributed by atoms with Gasteiger partial charge in [0.1, 0.15) is 18.3 Å². The Bertz CT molecular complexity index is 1160. The largest absolute Gasteiger partial charge is 0.502 e. The molecule has 1 fully saturated rings. The molecule has 1 saturated carbocycles. The van der Waals surface area contributed by atoms with Gasteiger partial charge in [0.2, 0.25) is 5.43 Å². The number of aromatic hydroxyl groups is 1. The summed E-state index contributed by atoms with van der Waals surface area (Å²) in [7, 11) is 1.57. The molecule has 8 nitrogen and oxygen atoms in total. The van der Waals surface area contributed by atoms with Crippen molar-refractivity contribution < 1.29 is 28.2 Å². The molecule has 182 valence electrons. The number of methoxy groups -OCH3 is 1. The molecule has 0 bridgehead atoms. The minimum atomic E-state index is -0.936. The Morgan fingerprint density at radius 3 is 2.68 bits per heavy atom. The van der Waals surface area contributed by atoms with Crippen molar-refractivity contribution in [3.05, 3.63) is 63.1 Å². The van der Waals surface area contributed by atoms with Gasteiger partial charge in [-0.05, 0) is 43.2 Å². The number of halogens is 2. The summed E-state index contributed by atoms with van der Waals surface area (Å²) >= 11 is 0. The van der Waals surface area contributed by atoms with Crippen LogP contribution >= 0.6 is 0 Å². The van der Waals surface area contributed by atoms with E-state index in [9.17, 15) is 28.3 Å². The summed E-state index contributed by atoms with van der Waals surface area (Å²) in [4.78, 5) is 40.3. The van der Waals surface area contributed by atoms with Gasteiger partial charge in [0.15, 0.2) is 17.2 Å². The molecule has 2 heterocycles. The number of aryl methyl sites for hydroxylation is 1. The number of rotatable bonds is 10. The SMILES string of the molecule is COCCCN1CN(CC2CC2)n2cc(C(=O)CCc3ccc(F)cc3F)c(=O)c(O)c2C1=O. The van der Waals surface area contributed by atoms with Crippen LogP contribution in [0, 0.1) is 17.6 Å². The molecule has 2 aromatic rings. The fourth-order valence-electron chi connectivity index (χ4n) is 4.11. The first kappa shape index (κ1) is 23.9. The molecule has 2 aliphatic rings. The first-order valence-electron chi connectivity index (χ1n) is 11.3. The molecule has 0 atom stereocenters. The van der Waals surface area contributed by atoms with Crippen LogP contribution in [-0.2, 0) is 11.2 Å². The molecule has 1 aliphatic heterocycles. The van der Waals surface area contributed by atoms with E-state index in [-0.39, 0.29) is 36.3 Å². The van der Waals surface area contributed by atoms with Gasteiger partial charge in [-0.25, -0.2) is 8.78 Å². The molecular formula is C24H27F2N3O5. The summed E-state index contributed by atoms with van der Waals surface area (Å²) in [6.07, 6.45) is 3.74. The zero-order chi connectivity index (χ0) is 24.4. The zero-order valence-electron chi connectivity index (χ0n) is 18.9. The number of fused-ring (bicyclic) bond motifs is 1. The van der Waals surface area contributed by atoms with E-state index >= 15 is 0 Å². The molecular weight excluding hydrogens is 448 g/mol. The van der Waals surface area contributed by atoms with Gasteiger partial charge in [-0.15, -0.1) is 0 Å². The van der Waals surface area contributed by atoms with Crippen LogP contribution in [0.4, 0.5) is 8.78 Å². The molecule has 10 heteroatoms. The fourth-order valence-corrected chi connectivity index (χ4v) is 4.11. The van der Waals surface area contributed by atoms with Gasteiger partial charge in [0, 0.05) is 45.5 Å². The van der Waals surface area contributed by atoms with Gasteiger partial charge in [0.05, 0.1) is 5.56 Å². The van der Waals surface area contributed by atoms with Crippen LogP contribution in [-0.4, -0.2) is 59.8 Å². The third kappa shape index (κ3) is 4.96. The van der Waals surface area contributed by atoms with Crippen molar-refractivity contribution >= 4 is 11.7 Å². The van der Waals surface area contributed by atoms with Crippen LogP contribution in [0.15, 0.2) is 29.2 Å². The second kappa shape index (κ2) is 9.92. The van der Waals surface area contributed by atoms with Crippen LogP contribution in [0.25, 0.3) is 0 Å². The number of ketones is 1. The van der Waals surface area contributed by atoms with Gasteiger partial charge < -0.3 is 14.7 Å². The van der Waals surface area contributed by atoms with Crippen molar-refractivity contribution in [3.63, 3.8) is 0 Å². The van der Waals surface area contributed by atoms with Crippen molar-refractivity contribution in [2.45, 2.75) is 32.1 Å². The monoisotopic (exact) mass is 475 g/mol.